The summed E-state index contributed by atoms with van der Waals surface area (Å²) in [5.41, 5.74) is 8.77. The van der Waals surface area contributed by atoms with Gasteiger partial charge in [0.25, 0.3) is 0 Å². The summed E-state index contributed by atoms with van der Waals surface area (Å²) in [6.45, 7) is 5.12. The second-order valence-corrected chi connectivity index (χ2v) is 9.53. The zero-order valence-electron chi connectivity index (χ0n) is 22.0. The van der Waals surface area contributed by atoms with Crippen molar-refractivity contribution in [3.8, 4) is 29.1 Å². The summed E-state index contributed by atoms with van der Waals surface area (Å²) < 4.78 is 23.2. The number of nitrogens with two attached hydrogens (primary N) is 1. The van der Waals surface area contributed by atoms with Gasteiger partial charge in [-0.05, 0) is 54.8 Å². The normalized spacial score (nSPS) is 14.2. The van der Waals surface area contributed by atoms with Crippen molar-refractivity contribution >= 4 is 17.6 Å². The Kier molecular flexibility index (Phi) is 9.35. The molecule has 3 aromatic rings. The fraction of sp³-hybridized carbons (Fsp3) is 0.290. The first-order chi connectivity index (χ1) is 18.9. The third-order valence-corrected chi connectivity index (χ3v) is 6.54. The van der Waals surface area contributed by atoms with E-state index in [4.69, 9.17) is 36.3 Å². The van der Waals surface area contributed by atoms with Gasteiger partial charge in [-0.1, -0.05) is 55.6 Å². The van der Waals surface area contributed by atoms with E-state index in [1.54, 1.807) is 42.5 Å². The predicted octanol–water partition coefficient (Wildman–Crippen LogP) is 6.67. The number of nitriles is 1. The predicted molar refractivity (Wildman–Crippen MR) is 149 cm³/mol. The number of carbonyl (C=O) groups excluding carboxylic acids is 1. The number of unbranched alkanes of at least 4 members (excludes halogenated alkanes) is 2. The molecule has 1 heterocycles. The van der Waals surface area contributed by atoms with Gasteiger partial charge in [0.1, 0.15) is 23.1 Å². The Balaban J connectivity index is 1.60. The number of hydrogen-bond donors (Lipinski definition) is 1. The number of fused-ring (bicyclic) bond motifs is 1. The molecule has 8 heteroatoms. The molecule has 0 radical (unpaired) electrons. The average molecular weight is 547 g/mol. The molecule has 1 aliphatic heterocycles. The van der Waals surface area contributed by atoms with Gasteiger partial charge in [0.05, 0.1) is 25.6 Å². The van der Waals surface area contributed by atoms with E-state index in [0.29, 0.717) is 41.2 Å². The van der Waals surface area contributed by atoms with E-state index < -0.39 is 11.9 Å². The van der Waals surface area contributed by atoms with Crippen LogP contribution < -0.4 is 24.7 Å². The van der Waals surface area contributed by atoms with Gasteiger partial charge in [0.15, 0.2) is 11.5 Å². The van der Waals surface area contributed by atoms with Crippen LogP contribution in [0.15, 0.2) is 72.1 Å². The zero-order chi connectivity index (χ0) is 27.8. The van der Waals surface area contributed by atoms with Gasteiger partial charge in [-0.15, -0.1) is 0 Å². The van der Waals surface area contributed by atoms with Gasteiger partial charge in [0, 0.05) is 16.7 Å². The van der Waals surface area contributed by atoms with Crippen LogP contribution >= 0.6 is 11.6 Å². The van der Waals surface area contributed by atoms with Gasteiger partial charge in [-0.2, -0.15) is 5.26 Å². The third kappa shape index (κ3) is 6.84. The number of nitrogens with zero attached hydrogens (tertiary/aromatic N) is 1. The smallest absolute Gasteiger partial charge is 0.315 e. The fourth-order valence-corrected chi connectivity index (χ4v) is 4.53. The lowest BCUT2D eigenvalue weighted by Crippen LogP contribution is -2.21. The van der Waals surface area contributed by atoms with E-state index in [0.717, 1.165) is 36.0 Å². The van der Waals surface area contributed by atoms with Crippen molar-refractivity contribution in [2.75, 3.05) is 13.2 Å². The van der Waals surface area contributed by atoms with Gasteiger partial charge in [0.2, 0.25) is 5.88 Å². The minimum atomic E-state index is -0.495. The van der Waals surface area contributed by atoms with Crippen molar-refractivity contribution < 1.29 is 23.7 Å². The topological polar surface area (TPSA) is 104 Å². The van der Waals surface area contributed by atoms with E-state index >= 15 is 0 Å². The molecule has 3 aromatic carbocycles. The van der Waals surface area contributed by atoms with E-state index in [-0.39, 0.29) is 17.9 Å². The van der Waals surface area contributed by atoms with Crippen molar-refractivity contribution in [1.29, 1.82) is 5.26 Å². The Morgan fingerprint density at radius 2 is 1.82 bits per heavy atom. The Bertz CT molecular complexity index is 1400. The minimum absolute atomic E-state index is 0.00232. The molecule has 1 atom stereocenters. The highest BCUT2D eigenvalue weighted by molar-refractivity contribution is 6.30. The zero-order valence-corrected chi connectivity index (χ0v) is 22.8. The Labute approximate surface area is 233 Å². The number of carbonyl (C=O) groups is 1. The van der Waals surface area contributed by atoms with Crippen molar-refractivity contribution in [1.82, 2.24) is 0 Å². The number of esters is 1. The molecule has 0 aliphatic carbocycles. The Hall–Kier alpha value is -4.15. The molecule has 0 saturated carbocycles. The number of benzene rings is 3. The molecule has 0 bridgehead atoms. The second kappa shape index (κ2) is 13.1. The van der Waals surface area contributed by atoms with Gasteiger partial charge < -0.3 is 24.7 Å². The lowest BCUT2D eigenvalue weighted by atomic mass is 9.83. The summed E-state index contributed by atoms with van der Waals surface area (Å²) in [6, 6.07) is 19.9. The van der Waals surface area contributed by atoms with Gasteiger partial charge in [-0.3, -0.25) is 4.79 Å². The molecule has 1 aliphatic rings. The summed E-state index contributed by atoms with van der Waals surface area (Å²) >= 11 is 5.92. The highest BCUT2D eigenvalue weighted by atomic mass is 35.5. The summed E-state index contributed by atoms with van der Waals surface area (Å²) in [7, 11) is 0. The molecule has 0 spiro atoms. The first-order valence-corrected chi connectivity index (χ1v) is 13.4. The number of halogens is 1. The quantitative estimate of drug-likeness (QED) is 0.162. The van der Waals surface area contributed by atoms with Crippen LogP contribution in [0.4, 0.5) is 0 Å². The standard InChI is InChI=1S/C31H31ClN2O5/c1-3-5-6-15-37-26-14-9-21(17-28(26)36-4-2)30-24-13-12-23(18-27(24)39-31(34)25(30)19-33)38-29(35)16-20-7-10-22(32)11-8-20/h7-14,17-18,30H,3-6,15-16,34H2,1-2H3. The van der Waals surface area contributed by atoms with E-state index in [1.165, 1.54) is 0 Å². The molecular weight excluding hydrogens is 516 g/mol. The van der Waals surface area contributed by atoms with E-state index in [2.05, 4.69) is 13.0 Å². The van der Waals surface area contributed by atoms with Crippen molar-refractivity contribution in [2.45, 2.75) is 45.4 Å². The molecular formula is C31H31ClN2O5. The Morgan fingerprint density at radius 3 is 2.54 bits per heavy atom. The molecule has 202 valence electrons. The third-order valence-electron chi connectivity index (χ3n) is 6.29. The molecule has 0 fully saturated rings. The molecule has 0 saturated heterocycles. The van der Waals surface area contributed by atoms with Crippen LogP contribution in [0.3, 0.4) is 0 Å². The summed E-state index contributed by atoms with van der Waals surface area (Å²) in [5, 5.41) is 10.5. The largest absolute Gasteiger partial charge is 0.490 e. The maximum atomic E-state index is 12.5. The van der Waals surface area contributed by atoms with Crippen LogP contribution in [-0.4, -0.2) is 19.2 Å². The van der Waals surface area contributed by atoms with E-state index in [1.807, 2.05) is 25.1 Å². The number of ether oxygens (including phenoxy) is 4. The molecule has 39 heavy (non-hydrogen) atoms. The monoisotopic (exact) mass is 546 g/mol. The van der Waals surface area contributed by atoms with Crippen molar-refractivity contribution in [2.24, 2.45) is 5.73 Å². The summed E-state index contributed by atoms with van der Waals surface area (Å²) in [4.78, 5) is 12.5. The molecule has 7 nitrogen and oxygen atoms in total. The average Bonchev–Trinajstić information content (AvgIpc) is 2.92. The fourth-order valence-electron chi connectivity index (χ4n) is 4.40. The van der Waals surface area contributed by atoms with Crippen molar-refractivity contribution in [3.63, 3.8) is 0 Å². The molecule has 1 unspecified atom stereocenters. The van der Waals surface area contributed by atoms with Crippen LogP contribution in [-0.2, 0) is 11.2 Å². The van der Waals surface area contributed by atoms with Crippen LogP contribution in [0.2, 0.25) is 5.02 Å². The summed E-state index contributed by atoms with van der Waals surface area (Å²) in [6.07, 6.45) is 3.25. The van der Waals surface area contributed by atoms with Crippen LogP contribution in [0.1, 0.15) is 55.7 Å². The second-order valence-electron chi connectivity index (χ2n) is 9.10. The first-order valence-electron chi connectivity index (χ1n) is 13.0. The first kappa shape index (κ1) is 27.9. The molecule has 0 aromatic heterocycles. The Morgan fingerprint density at radius 1 is 1.03 bits per heavy atom. The lowest BCUT2D eigenvalue weighted by Gasteiger charge is -2.27. The number of rotatable bonds is 11. The molecule has 2 N–H and O–H groups in total. The maximum absolute atomic E-state index is 12.5. The molecule has 0 amide bonds. The lowest BCUT2D eigenvalue weighted by molar-refractivity contribution is -0.133. The van der Waals surface area contributed by atoms with Crippen LogP contribution in [0.5, 0.6) is 23.0 Å². The molecule has 4 rings (SSSR count). The van der Waals surface area contributed by atoms with Crippen LogP contribution in [0, 0.1) is 11.3 Å². The van der Waals surface area contributed by atoms with Gasteiger partial charge in [-0.25, -0.2) is 0 Å². The van der Waals surface area contributed by atoms with E-state index in [9.17, 15) is 10.1 Å². The van der Waals surface area contributed by atoms with Gasteiger partial charge >= 0.3 is 5.97 Å². The van der Waals surface area contributed by atoms with Crippen molar-refractivity contribution in [3.05, 3.63) is 93.8 Å². The summed E-state index contributed by atoms with van der Waals surface area (Å²) in [5.74, 6) is 1.05. The number of hydrogen-bond acceptors (Lipinski definition) is 7. The SMILES string of the molecule is CCCCCOc1ccc(C2C(C#N)=C(N)Oc3cc(OC(=O)Cc4ccc(Cl)cc4)ccc32)cc1OCC. The maximum Gasteiger partial charge on any atom is 0.315 e. The highest BCUT2D eigenvalue weighted by Crippen LogP contribution is 2.45. The minimum Gasteiger partial charge on any atom is -0.490 e. The highest BCUT2D eigenvalue weighted by Gasteiger charge is 2.32. The van der Waals surface area contributed by atoms with Crippen LogP contribution in [0.25, 0.3) is 0 Å². The number of allylic oxidation sites excluding steroid dienone is 1.